The molecule has 0 bridgehead atoms. The minimum absolute atomic E-state index is 0. The normalized spacial score (nSPS) is 13.9. The fourth-order valence-corrected chi connectivity index (χ4v) is 4.13. The molecule has 0 unspecified atom stereocenters. The molecule has 253 valence electrons. The lowest BCUT2D eigenvalue weighted by Gasteiger charge is -2.32. The van der Waals surface area contributed by atoms with Gasteiger partial charge in [-0.05, 0) is 64.1 Å². The zero-order valence-corrected chi connectivity index (χ0v) is 30.4. The molecule has 0 spiro atoms. The third kappa shape index (κ3) is 11.6. The first kappa shape index (κ1) is 39.5. The number of hydrogen-bond donors (Lipinski definition) is 1. The quantitative estimate of drug-likeness (QED) is 0.238. The molecule has 0 saturated carbocycles. The van der Waals surface area contributed by atoms with Crippen LogP contribution in [0, 0.1) is 0 Å². The van der Waals surface area contributed by atoms with E-state index in [9.17, 15) is 0 Å². The van der Waals surface area contributed by atoms with Crippen molar-refractivity contribution in [2.75, 3.05) is 0 Å². The van der Waals surface area contributed by atoms with Crippen LogP contribution >= 0.6 is 46.4 Å². The molecule has 1 saturated heterocycles. The minimum Gasteiger partial charge on any atom is -0.399 e. The van der Waals surface area contributed by atoms with Gasteiger partial charge in [0.25, 0.3) is 0 Å². The van der Waals surface area contributed by atoms with Crippen molar-refractivity contribution in [1.29, 1.82) is 0 Å². The van der Waals surface area contributed by atoms with E-state index in [1.165, 1.54) is 0 Å². The second kappa shape index (κ2) is 17.7. The monoisotopic (exact) mass is 741 g/mol. The molecule has 0 atom stereocenters. The largest absolute Gasteiger partial charge is 0.498 e. The molecule has 7 rings (SSSR count). The predicted octanol–water partition coefficient (Wildman–Crippen LogP) is 5.17. The van der Waals surface area contributed by atoms with Crippen LogP contribution in [-0.4, -0.2) is 87.1 Å². The van der Waals surface area contributed by atoms with Crippen LogP contribution in [0.1, 0.15) is 27.7 Å². The molecule has 1 N–H and O–H groups in total. The van der Waals surface area contributed by atoms with Gasteiger partial charge >= 0.3 is 7.12 Å². The summed E-state index contributed by atoms with van der Waals surface area (Å²) in [6.45, 7) is 8.18. The van der Waals surface area contributed by atoms with Gasteiger partial charge < -0.3 is 9.31 Å². The summed E-state index contributed by atoms with van der Waals surface area (Å²) < 4.78 is 15.2. The third-order valence-corrected chi connectivity index (χ3v) is 7.71. The van der Waals surface area contributed by atoms with E-state index in [-0.39, 0.29) is 26.7 Å². The Bertz CT molecular complexity index is 1820. The van der Waals surface area contributed by atoms with E-state index in [1.54, 1.807) is 64.5 Å². The Kier molecular flexibility index (Phi) is 14.2. The molecule has 6 aromatic rings. The van der Waals surface area contributed by atoms with Gasteiger partial charge in [-0.3, -0.25) is 14.5 Å². The summed E-state index contributed by atoms with van der Waals surface area (Å²) in [5.74, 6) is 0. The van der Waals surface area contributed by atoms with E-state index in [1.807, 2.05) is 60.3 Å². The highest BCUT2D eigenvalue weighted by Gasteiger charge is 2.52. The number of nitrogens with zero attached hydrogens (tertiary/aromatic N) is 11. The van der Waals surface area contributed by atoms with E-state index in [0.717, 1.165) is 28.0 Å². The molecule has 0 aromatic carbocycles. The fraction of sp³-hybridized carbons (Fsp3) is 0.276. The number of hydrogen-bond acceptors (Lipinski definition) is 11. The summed E-state index contributed by atoms with van der Waals surface area (Å²) in [5, 5.41) is 38.3. The average molecular weight is 743 g/mol. The lowest BCUT2D eigenvalue weighted by Crippen LogP contribution is -2.41. The second-order valence-corrected chi connectivity index (χ2v) is 12.6. The lowest BCUT2D eigenvalue weighted by atomic mass is 9.82. The van der Waals surface area contributed by atoms with Crippen LogP contribution in [0.3, 0.4) is 0 Å². The van der Waals surface area contributed by atoms with Gasteiger partial charge in [0.15, 0.2) is 20.6 Å². The Morgan fingerprint density at radius 2 is 1.06 bits per heavy atom. The van der Waals surface area contributed by atoms with Gasteiger partial charge in [-0.1, -0.05) is 46.4 Å². The molecule has 3 radical (unpaired) electrons. The van der Waals surface area contributed by atoms with E-state index in [4.69, 9.17) is 55.7 Å². The molecule has 0 aliphatic carbocycles. The smallest absolute Gasteiger partial charge is 0.399 e. The lowest BCUT2D eigenvalue weighted by molar-refractivity contribution is 0.00578. The van der Waals surface area contributed by atoms with Crippen LogP contribution in [0.15, 0.2) is 73.6 Å². The number of aromatic amines is 1. The van der Waals surface area contributed by atoms with E-state index in [2.05, 4.69) is 51.0 Å². The molecule has 6 aromatic heterocycles. The van der Waals surface area contributed by atoms with E-state index in [0.29, 0.717) is 20.6 Å². The molecule has 49 heavy (non-hydrogen) atoms. The van der Waals surface area contributed by atoms with Gasteiger partial charge in [0.1, 0.15) is 0 Å². The Morgan fingerprint density at radius 1 is 0.612 bits per heavy atom. The van der Waals surface area contributed by atoms with Crippen molar-refractivity contribution < 1.29 is 9.31 Å². The molecule has 1 fully saturated rings. The van der Waals surface area contributed by atoms with Gasteiger partial charge in [0.05, 0.1) is 35.0 Å². The summed E-state index contributed by atoms with van der Waals surface area (Å²) >= 11 is 21.9. The first-order valence-electron chi connectivity index (χ1n) is 14.2. The summed E-state index contributed by atoms with van der Waals surface area (Å²) in [5.41, 5.74) is 3.77. The molecule has 0 amide bonds. The van der Waals surface area contributed by atoms with Crippen molar-refractivity contribution in [3.8, 4) is 22.5 Å². The minimum atomic E-state index is -0.302. The number of H-pyrrole nitrogens is 1. The Hall–Kier alpha value is -3.92. The van der Waals surface area contributed by atoms with Crippen molar-refractivity contribution in [1.82, 2.24) is 60.4 Å². The van der Waals surface area contributed by atoms with Crippen LogP contribution in [0.2, 0.25) is 20.6 Å². The van der Waals surface area contributed by atoms with Crippen LogP contribution < -0.4 is 5.46 Å². The first-order valence-corrected chi connectivity index (χ1v) is 15.7. The number of rotatable bonds is 3. The Morgan fingerprint density at radius 3 is 1.43 bits per heavy atom. The maximum atomic E-state index is 5.89. The van der Waals surface area contributed by atoms with Gasteiger partial charge in [-0.2, -0.15) is 15.3 Å². The SMILES string of the molecule is Clc1ccc(-c2cn[nH]c2)nn1.Clc1ccc(Cl)nn1.Cn1cc(-c2ccc(Cl)nn2)cn1.Cn1cc(B2OC(C)(C)C(C)(C)O2)cn1.[B]. The van der Waals surface area contributed by atoms with Crippen molar-refractivity contribution in [3.63, 3.8) is 0 Å². The van der Waals surface area contributed by atoms with Crippen molar-refractivity contribution in [3.05, 3.63) is 94.2 Å². The molecule has 1 aliphatic rings. The van der Waals surface area contributed by atoms with Crippen molar-refractivity contribution in [2.24, 2.45) is 14.1 Å². The Labute approximate surface area is 305 Å². The number of aryl methyl sites for hydroxylation is 2. The van der Waals surface area contributed by atoms with Gasteiger partial charge in [-0.15, -0.1) is 30.6 Å². The van der Waals surface area contributed by atoms with Gasteiger partial charge in [0, 0.05) is 63.9 Å². The zero-order valence-electron chi connectivity index (χ0n) is 27.3. The molecular weight excluding hydrogens is 712 g/mol. The van der Waals surface area contributed by atoms with E-state index < -0.39 is 0 Å². The van der Waals surface area contributed by atoms with Crippen LogP contribution in [0.25, 0.3) is 22.5 Å². The molecule has 20 heteroatoms. The van der Waals surface area contributed by atoms with Gasteiger partial charge in [0.2, 0.25) is 0 Å². The maximum Gasteiger partial charge on any atom is 0.498 e. The van der Waals surface area contributed by atoms with Crippen LogP contribution in [-0.2, 0) is 23.4 Å². The number of halogens is 4. The molecular formula is C29H31B2Cl4N12O2. The third-order valence-electron chi connectivity index (χ3n) is 6.91. The number of aromatic nitrogens is 12. The number of nitrogens with one attached hydrogen (secondary N) is 1. The summed E-state index contributed by atoms with van der Waals surface area (Å²) in [4.78, 5) is 0. The van der Waals surface area contributed by atoms with Crippen LogP contribution in [0.5, 0.6) is 0 Å². The fourth-order valence-electron chi connectivity index (χ4n) is 3.73. The zero-order chi connectivity index (χ0) is 34.9. The standard InChI is InChI=1S/C10H17BN2O2.C8H7ClN4.C7H5ClN4.C4H2Cl2N2.B/c1-9(2)10(3,4)15-11(14-9)8-6-12-13(5)7-8;1-13-5-6(4-10-13)7-2-3-8(9)12-11-7;8-7-2-1-6(11-12-7)5-3-9-10-4-5;5-3-1-2-4(6)8-7-3;/h6-7H,1-5H3;2-5H,1H3;1-4H,(H,9,10);1-2H;. The maximum absolute atomic E-state index is 5.89. The molecule has 1 aliphatic heterocycles. The van der Waals surface area contributed by atoms with Crippen LogP contribution in [0.4, 0.5) is 0 Å². The summed E-state index contributed by atoms with van der Waals surface area (Å²) in [6, 6.07) is 10.2. The highest BCUT2D eigenvalue weighted by Crippen LogP contribution is 2.36. The first-order chi connectivity index (χ1) is 22.7. The average Bonchev–Trinajstić information content (AvgIpc) is 3.85. The second-order valence-electron chi connectivity index (χ2n) is 11.1. The van der Waals surface area contributed by atoms with Crippen molar-refractivity contribution >= 4 is 67.4 Å². The van der Waals surface area contributed by atoms with Gasteiger partial charge in [-0.25, -0.2) is 0 Å². The van der Waals surface area contributed by atoms with Crippen molar-refractivity contribution in [2.45, 2.75) is 38.9 Å². The Balaban J connectivity index is 0.000000179. The topological polar surface area (TPSA) is 160 Å². The molecule has 14 nitrogen and oxygen atoms in total. The summed E-state index contributed by atoms with van der Waals surface area (Å²) in [7, 11) is 3.44. The highest BCUT2D eigenvalue weighted by molar-refractivity contribution is 6.62. The van der Waals surface area contributed by atoms with E-state index >= 15 is 0 Å². The predicted molar refractivity (Wildman–Crippen MR) is 191 cm³/mol. The highest BCUT2D eigenvalue weighted by atomic mass is 35.5. The summed E-state index contributed by atoms with van der Waals surface area (Å²) in [6.07, 6.45) is 10.7. The molecule has 7 heterocycles.